The molecule has 2 N–H and O–H groups in total. The van der Waals surface area contributed by atoms with E-state index in [1.807, 2.05) is 17.5 Å². The summed E-state index contributed by atoms with van der Waals surface area (Å²) in [6.07, 6.45) is 0. The molecule has 0 aliphatic carbocycles. The first-order chi connectivity index (χ1) is 6.24. The number of anilines is 1. The zero-order valence-corrected chi connectivity index (χ0v) is 8.58. The summed E-state index contributed by atoms with van der Waals surface area (Å²) in [6.45, 7) is 0. The Labute approximate surface area is 84.9 Å². The van der Waals surface area contributed by atoms with Gasteiger partial charge < -0.3 is 10.5 Å². The van der Waals surface area contributed by atoms with Crippen LogP contribution in [-0.2, 0) is 0 Å². The van der Waals surface area contributed by atoms with E-state index in [2.05, 4.69) is 0 Å². The molecular formula is C9H8ClNOS. The number of nitrogen functional groups attached to an aromatic ring is 1. The first-order valence-electron chi connectivity index (χ1n) is 3.73. The molecule has 2 nitrogen and oxygen atoms in total. The van der Waals surface area contributed by atoms with Gasteiger partial charge in [0.05, 0.1) is 17.8 Å². The molecule has 0 fully saturated rings. The molecule has 1 heterocycles. The second-order valence-corrected chi connectivity index (χ2v) is 3.97. The molecule has 2 rings (SSSR count). The third-order valence-corrected chi connectivity index (χ3v) is 3.12. The number of rotatable bonds is 1. The SMILES string of the molecule is COc1c(N)cc2sccc2c1Cl. The number of thiophene rings is 1. The maximum atomic E-state index is 6.09. The van der Waals surface area contributed by atoms with Gasteiger partial charge in [-0.05, 0) is 17.5 Å². The Hall–Kier alpha value is -0.930. The summed E-state index contributed by atoms with van der Waals surface area (Å²) < 4.78 is 6.19. The van der Waals surface area contributed by atoms with Gasteiger partial charge in [0.1, 0.15) is 0 Å². The Morgan fingerprint density at radius 3 is 3.00 bits per heavy atom. The maximum Gasteiger partial charge on any atom is 0.161 e. The quantitative estimate of drug-likeness (QED) is 0.739. The molecule has 2 aromatic rings. The van der Waals surface area contributed by atoms with Gasteiger partial charge in [-0.25, -0.2) is 0 Å². The molecule has 0 aliphatic rings. The molecule has 0 aliphatic heterocycles. The van der Waals surface area contributed by atoms with Crippen molar-refractivity contribution in [1.82, 2.24) is 0 Å². The largest absolute Gasteiger partial charge is 0.493 e. The van der Waals surface area contributed by atoms with Gasteiger partial charge in [0, 0.05) is 10.1 Å². The lowest BCUT2D eigenvalue weighted by atomic mass is 10.2. The monoisotopic (exact) mass is 213 g/mol. The number of nitrogens with two attached hydrogens (primary N) is 1. The van der Waals surface area contributed by atoms with E-state index in [4.69, 9.17) is 22.1 Å². The van der Waals surface area contributed by atoms with E-state index in [1.165, 1.54) is 0 Å². The summed E-state index contributed by atoms with van der Waals surface area (Å²) in [5.74, 6) is 0.563. The second-order valence-electron chi connectivity index (χ2n) is 2.65. The summed E-state index contributed by atoms with van der Waals surface area (Å²) >= 11 is 7.70. The molecule has 4 heteroatoms. The number of methoxy groups -OCH3 is 1. The average Bonchev–Trinajstić information content (AvgIpc) is 2.53. The van der Waals surface area contributed by atoms with Crippen molar-refractivity contribution in [2.75, 3.05) is 12.8 Å². The fraction of sp³-hybridized carbons (Fsp3) is 0.111. The molecule has 0 bridgehead atoms. The highest BCUT2D eigenvalue weighted by molar-refractivity contribution is 7.17. The third kappa shape index (κ3) is 1.24. The average molecular weight is 214 g/mol. The predicted molar refractivity (Wildman–Crippen MR) is 57.8 cm³/mol. The molecular weight excluding hydrogens is 206 g/mol. The molecule has 0 amide bonds. The summed E-state index contributed by atoms with van der Waals surface area (Å²) in [7, 11) is 1.57. The lowest BCUT2D eigenvalue weighted by Crippen LogP contribution is -1.92. The van der Waals surface area contributed by atoms with Crippen molar-refractivity contribution >= 4 is 38.7 Å². The smallest absolute Gasteiger partial charge is 0.161 e. The van der Waals surface area contributed by atoms with Crippen molar-refractivity contribution in [2.45, 2.75) is 0 Å². The fourth-order valence-corrected chi connectivity index (χ4v) is 2.53. The highest BCUT2D eigenvalue weighted by Crippen LogP contribution is 2.39. The lowest BCUT2D eigenvalue weighted by Gasteiger charge is -2.06. The fourth-order valence-electron chi connectivity index (χ4n) is 1.28. The van der Waals surface area contributed by atoms with Crippen LogP contribution in [0.4, 0.5) is 5.69 Å². The molecule has 1 aromatic heterocycles. The zero-order chi connectivity index (χ0) is 9.42. The number of ether oxygens (including phenoxy) is 1. The van der Waals surface area contributed by atoms with Gasteiger partial charge in [0.15, 0.2) is 5.75 Å². The van der Waals surface area contributed by atoms with E-state index in [9.17, 15) is 0 Å². The zero-order valence-electron chi connectivity index (χ0n) is 7.00. The number of benzene rings is 1. The summed E-state index contributed by atoms with van der Waals surface area (Å²) in [5, 5.41) is 3.58. The van der Waals surface area contributed by atoms with Gasteiger partial charge in [-0.1, -0.05) is 11.6 Å². The van der Waals surface area contributed by atoms with Gasteiger partial charge in [-0.15, -0.1) is 11.3 Å². The van der Waals surface area contributed by atoms with Gasteiger partial charge in [-0.3, -0.25) is 0 Å². The minimum atomic E-state index is 0.563. The number of fused-ring (bicyclic) bond motifs is 1. The van der Waals surface area contributed by atoms with Crippen LogP contribution in [0, 0.1) is 0 Å². The Kier molecular flexibility index (Phi) is 2.06. The molecule has 0 atom stereocenters. The highest BCUT2D eigenvalue weighted by Gasteiger charge is 2.10. The van der Waals surface area contributed by atoms with Crippen LogP contribution in [-0.4, -0.2) is 7.11 Å². The van der Waals surface area contributed by atoms with Gasteiger partial charge in [0.25, 0.3) is 0 Å². The van der Waals surface area contributed by atoms with Crippen molar-refractivity contribution in [2.24, 2.45) is 0 Å². The van der Waals surface area contributed by atoms with Crippen LogP contribution in [0.2, 0.25) is 5.02 Å². The first-order valence-corrected chi connectivity index (χ1v) is 4.99. The van der Waals surface area contributed by atoms with Crippen LogP contribution in [0.3, 0.4) is 0 Å². The van der Waals surface area contributed by atoms with E-state index in [0.29, 0.717) is 16.5 Å². The van der Waals surface area contributed by atoms with Crippen molar-refractivity contribution in [3.63, 3.8) is 0 Å². The van der Waals surface area contributed by atoms with Crippen LogP contribution in [0.25, 0.3) is 10.1 Å². The Morgan fingerprint density at radius 1 is 1.54 bits per heavy atom. The van der Waals surface area contributed by atoms with E-state index in [-0.39, 0.29) is 0 Å². The molecule has 13 heavy (non-hydrogen) atoms. The van der Waals surface area contributed by atoms with E-state index in [1.54, 1.807) is 18.4 Å². The molecule has 68 valence electrons. The van der Waals surface area contributed by atoms with Crippen LogP contribution in [0.5, 0.6) is 5.75 Å². The second kappa shape index (κ2) is 3.09. The molecule has 1 aromatic carbocycles. The van der Waals surface area contributed by atoms with E-state index < -0.39 is 0 Å². The molecule has 0 saturated carbocycles. The third-order valence-electron chi connectivity index (χ3n) is 1.88. The molecule has 0 saturated heterocycles. The number of hydrogen-bond donors (Lipinski definition) is 1. The number of halogens is 1. The highest BCUT2D eigenvalue weighted by atomic mass is 35.5. The van der Waals surface area contributed by atoms with Gasteiger partial charge in [-0.2, -0.15) is 0 Å². The summed E-state index contributed by atoms with van der Waals surface area (Å²) in [6, 6.07) is 3.84. The van der Waals surface area contributed by atoms with Crippen LogP contribution < -0.4 is 10.5 Å². The summed E-state index contributed by atoms with van der Waals surface area (Å²) in [5.41, 5.74) is 6.34. The lowest BCUT2D eigenvalue weighted by molar-refractivity contribution is 0.418. The van der Waals surface area contributed by atoms with Gasteiger partial charge in [0.2, 0.25) is 0 Å². The molecule has 0 unspecified atom stereocenters. The Balaban J connectivity index is 2.85. The predicted octanol–water partition coefficient (Wildman–Crippen LogP) is 3.15. The van der Waals surface area contributed by atoms with Crippen LogP contribution in [0.15, 0.2) is 17.5 Å². The first kappa shape index (κ1) is 8.66. The van der Waals surface area contributed by atoms with Crippen molar-refractivity contribution < 1.29 is 4.74 Å². The van der Waals surface area contributed by atoms with E-state index in [0.717, 1.165) is 10.1 Å². The Bertz CT molecular complexity index is 452. The van der Waals surface area contributed by atoms with Gasteiger partial charge >= 0.3 is 0 Å². The standard InChI is InChI=1S/C9H8ClNOS/c1-12-9-6(11)4-7-5(8(9)10)2-3-13-7/h2-4H,11H2,1H3. The number of hydrogen-bond acceptors (Lipinski definition) is 3. The van der Waals surface area contributed by atoms with E-state index >= 15 is 0 Å². The Morgan fingerprint density at radius 2 is 2.31 bits per heavy atom. The van der Waals surface area contributed by atoms with Crippen molar-refractivity contribution in [3.8, 4) is 5.75 Å². The molecule has 0 spiro atoms. The minimum Gasteiger partial charge on any atom is -0.493 e. The summed E-state index contributed by atoms with van der Waals surface area (Å²) in [4.78, 5) is 0. The maximum absolute atomic E-state index is 6.09. The van der Waals surface area contributed by atoms with Crippen molar-refractivity contribution in [1.29, 1.82) is 0 Å². The minimum absolute atomic E-state index is 0.563. The normalized spacial score (nSPS) is 10.6. The van der Waals surface area contributed by atoms with Crippen molar-refractivity contribution in [3.05, 3.63) is 22.5 Å². The molecule has 0 radical (unpaired) electrons. The van der Waals surface area contributed by atoms with Crippen LogP contribution >= 0.6 is 22.9 Å². The van der Waals surface area contributed by atoms with Crippen LogP contribution in [0.1, 0.15) is 0 Å². The topological polar surface area (TPSA) is 35.2 Å².